The molecule has 0 aliphatic carbocycles. The molecule has 3 nitrogen and oxygen atoms in total. The fourth-order valence-electron chi connectivity index (χ4n) is 6.44. The van der Waals surface area contributed by atoms with E-state index in [0.29, 0.717) is 0 Å². The summed E-state index contributed by atoms with van der Waals surface area (Å²) in [6, 6.07) is 67.8. The van der Waals surface area contributed by atoms with Gasteiger partial charge in [0, 0.05) is 13.2 Å². The Morgan fingerprint density at radius 3 is 0.754 bits per heavy atom. The van der Waals surface area contributed by atoms with Crippen LogP contribution in [0.3, 0.4) is 0 Å². The van der Waals surface area contributed by atoms with Gasteiger partial charge >= 0.3 is 19.5 Å². The Morgan fingerprint density at radius 1 is 0.404 bits per heavy atom. The summed E-state index contributed by atoms with van der Waals surface area (Å²) >= 11 is 0. The summed E-state index contributed by atoms with van der Waals surface area (Å²) in [4.78, 5) is 0. The molecule has 57 heavy (non-hydrogen) atoms. The Kier molecular flexibility index (Phi) is 27.9. The number of ether oxygens (including phenoxy) is 1. The molecule has 0 saturated carbocycles. The van der Waals surface area contributed by atoms with Crippen molar-refractivity contribution in [1.29, 1.82) is 0 Å². The molecule has 1 aliphatic rings. The molecule has 3 N–H and O–H groups in total. The number of nitrogens with one attached hydrogen (secondary N) is 1. The molecule has 10 heteroatoms. The van der Waals surface area contributed by atoms with E-state index in [0.717, 1.165) is 13.2 Å². The van der Waals surface area contributed by atoms with Gasteiger partial charge in [-0.2, -0.15) is 0 Å². The first-order chi connectivity index (χ1) is 26.8. The number of hydrogen-bond donors (Lipinski definition) is 2. The van der Waals surface area contributed by atoms with Crippen LogP contribution in [-0.4, -0.2) is 57.2 Å². The Balaban J connectivity index is 0.000000922. The van der Waals surface area contributed by atoms with E-state index in [1.165, 1.54) is 81.6 Å². The summed E-state index contributed by atoms with van der Waals surface area (Å²) in [7, 11) is 0.349. The van der Waals surface area contributed by atoms with Crippen molar-refractivity contribution in [1.82, 2.24) is 5.43 Å². The Labute approximate surface area is 373 Å². The van der Waals surface area contributed by atoms with Crippen LogP contribution in [0.2, 0.25) is 0 Å². The first kappa shape index (κ1) is 51.3. The molecular formula is C47H56Cl2N2OP4Ru. The van der Waals surface area contributed by atoms with Gasteiger partial charge in [0.2, 0.25) is 0 Å². The van der Waals surface area contributed by atoms with Crippen LogP contribution in [0.1, 0.15) is 12.8 Å². The normalized spacial score (nSPS) is 11.7. The van der Waals surface area contributed by atoms with Gasteiger partial charge in [-0.3, -0.25) is 11.3 Å². The van der Waals surface area contributed by atoms with Gasteiger partial charge in [-0.1, -0.05) is 182 Å². The van der Waals surface area contributed by atoms with Crippen molar-refractivity contribution < 1.29 is 49.0 Å². The Hall–Kier alpha value is -1.88. The number of rotatable bonds is 15. The van der Waals surface area contributed by atoms with Gasteiger partial charge in [0.05, 0.1) is 0 Å². The van der Waals surface area contributed by atoms with Crippen molar-refractivity contribution in [2.24, 2.45) is 5.84 Å². The minimum atomic E-state index is -0.384. The molecule has 0 aromatic heterocycles. The van der Waals surface area contributed by atoms with Crippen LogP contribution in [0.5, 0.6) is 0 Å². The maximum Gasteiger partial charge on any atom is 2.00 e. The van der Waals surface area contributed by atoms with Crippen molar-refractivity contribution in [3.05, 3.63) is 182 Å². The van der Waals surface area contributed by atoms with Gasteiger partial charge in [0.1, 0.15) is 0 Å². The molecule has 1 heterocycles. The molecule has 0 spiro atoms. The van der Waals surface area contributed by atoms with Gasteiger partial charge in [-0.05, 0) is 112 Å². The Morgan fingerprint density at radius 2 is 0.596 bits per heavy atom. The first-order valence-corrected chi connectivity index (χ1v) is 25.5. The van der Waals surface area contributed by atoms with Crippen LogP contribution >= 0.6 is 31.7 Å². The molecule has 1 saturated heterocycles. The monoisotopic (exact) mass is 960 g/mol. The van der Waals surface area contributed by atoms with Gasteiger partial charge in [-0.25, -0.2) is 0 Å². The summed E-state index contributed by atoms with van der Waals surface area (Å²) < 4.78 is 4.94. The fourth-order valence-corrected chi connectivity index (χ4v) is 18.5. The van der Waals surface area contributed by atoms with E-state index in [4.69, 9.17) is 4.74 Å². The predicted molar refractivity (Wildman–Crippen MR) is 247 cm³/mol. The zero-order valence-corrected chi connectivity index (χ0v) is 39.6. The second-order valence-corrected chi connectivity index (χ2v) is 22.6. The molecule has 0 radical (unpaired) electrons. The maximum absolute atomic E-state index is 4.94. The average Bonchev–Trinajstić information content (AvgIpc) is 3.84. The maximum atomic E-state index is 4.94. The summed E-state index contributed by atoms with van der Waals surface area (Å²) in [6.07, 6.45) is 10.3. The van der Waals surface area contributed by atoms with Crippen molar-refractivity contribution in [2.75, 3.05) is 57.2 Å². The minimum absolute atomic E-state index is 0. The zero-order valence-electron chi connectivity index (χ0n) is 32.8. The van der Waals surface area contributed by atoms with Crippen LogP contribution in [0.4, 0.5) is 0 Å². The molecule has 6 aromatic rings. The number of nitrogens with two attached hydrogens (primary N) is 1. The van der Waals surface area contributed by atoms with Crippen LogP contribution in [-0.2, 0) is 24.2 Å². The van der Waals surface area contributed by atoms with Crippen LogP contribution in [0.15, 0.2) is 182 Å². The van der Waals surface area contributed by atoms with Gasteiger partial charge in [0.25, 0.3) is 0 Å². The minimum Gasteiger partial charge on any atom is -1.00 e. The molecular weight excluding hydrogens is 904 g/mol. The SMILES string of the molecule is C1CCOC1.CNN.[Cl-].[Cl-].[Ru+2].c1ccc(P(CCP(CCP(c2ccccc2)c2ccccc2)CCP(c2ccccc2)c2ccccc2)c2ccccc2)cc1. The molecule has 6 aromatic carbocycles. The third kappa shape index (κ3) is 18.1. The van der Waals surface area contributed by atoms with Crippen molar-refractivity contribution in [2.45, 2.75) is 12.8 Å². The van der Waals surface area contributed by atoms with Crippen molar-refractivity contribution in [3.8, 4) is 0 Å². The molecule has 1 fully saturated rings. The van der Waals surface area contributed by atoms with E-state index in [2.05, 4.69) is 193 Å². The van der Waals surface area contributed by atoms with Gasteiger partial charge in [-0.15, -0.1) is 7.92 Å². The summed E-state index contributed by atoms with van der Waals surface area (Å²) in [5.41, 5.74) is 2.25. The molecule has 302 valence electrons. The van der Waals surface area contributed by atoms with Gasteiger partial charge < -0.3 is 29.6 Å². The standard InChI is InChI=1S/C42H42P4.C4H8O.CH6N2.2ClH.Ru/c1-7-19-37(20-8-1)44(38-21-9-2-10-22-38)34-31-43(32-35-45(39-23-11-3-12-24-39)40-25-13-4-14-26-40)33-36-46(41-27-15-5-16-28-41)42-29-17-6-18-30-42;1-2-4-5-3-1;1-3-2;;;/h1-30H,31-36H2;1-4H2;3H,2H2,1H3;2*1H;/q;;;;;+2/p-2. The third-order valence-corrected chi connectivity index (χ3v) is 20.3. The second kappa shape index (κ2) is 31.1. The Bertz CT molecular complexity index is 1490. The van der Waals surface area contributed by atoms with Gasteiger partial charge in [0.15, 0.2) is 0 Å². The van der Waals surface area contributed by atoms with E-state index in [-0.39, 0.29) is 76.0 Å². The number of hydrogen-bond acceptors (Lipinski definition) is 3. The third-order valence-electron chi connectivity index (χ3n) is 9.15. The van der Waals surface area contributed by atoms with Crippen LogP contribution in [0.25, 0.3) is 0 Å². The quantitative estimate of drug-likeness (QED) is 0.0722. The molecule has 0 atom stereocenters. The van der Waals surface area contributed by atoms with E-state index in [1.54, 1.807) is 7.05 Å². The van der Waals surface area contributed by atoms with Crippen LogP contribution < -0.4 is 67.9 Å². The number of halogens is 2. The topological polar surface area (TPSA) is 47.3 Å². The fraction of sp³-hybridized carbons (Fsp3) is 0.234. The van der Waals surface area contributed by atoms with E-state index >= 15 is 0 Å². The zero-order chi connectivity index (χ0) is 37.5. The molecule has 0 unspecified atom stereocenters. The molecule has 7 rings (SSSR count). The predicted octanol–water partition coefficient (Wildman–Crippen LogP) is 2.75. The second-order valence-electron chi connectivity index (χ2n) is 12.9. The molecule has 0 amide bonds. The van der Waals surface area contributed by atoms with Crippen LogP contribution in [0, 0.1) is 0 Å². The summed E-state index contributed by atoms with van der Waals surface area (Å²) in [5, 5.41) is 9.03. The average molecular weight is 961 g/mol. The smallest absolute Gasteiger partial charge is 1.00 e. The molecule has 1 aliphatic heterocycles. The number of benzene rings is 6. The number of hydrazine groups is 1. The van der Waals surface area contributed by atoms with E-state index in [1.807, 2.05) is 0 Å². The molecule has 0 bridgehead atoms. The van der Waals surface area contributed by atoms with Crippen molar-refractivity contribution >= 4 is 63.5 Å². The van der Waals surface area contributed by atoms with E-state index in [9.17, 15) is 0 Å². The summed E-state index contributed by atoms with van der Waals surface area (Å²) in [6.45, 7) is 2.00. The van der Waals surface area contributed by atoms with E-state index < -0.39 is 0 Å². The largest absolute Gasteiger partial charge is 2.00 e. The van der Waals surface area contributed by atoms with Crippen molar-refractivity contribution in [3.63, 3.8) is 0 Å². The first-order valence-electron chi connectivity index (χ1n) is 19.1. The summed E-state index contributed by atoms with van der Waals surface area (Å²) in [5.74, 6) is 4.60.